The number of nitrogens with zero attached hydrogens (tertiary/aromatic N) is 1. The van der Waals surface area contributed by atoms with E-state index in [0.29, 0.717) is 17.9 Å². The van der Waals surface area contributed by atoms with Gasteiger partial charge in [-0.15, -0.1) is 0 Å². The summed E-state index contributed by atoms with van der Waals surface area (Å²) in [6.45, 7) is 0.588. The second-order valence-electron chi connectivity index (χ2n) is 9.29. The quantitative estimate of drug-likeness (QED) is 0.284. The highest BCUT2D eigenvalue weighted by atomic mass is 16.5. The molecule has 38 heavy (non-hydrogen) atoms. The van der Waals surface area contributed by atoms with Crippen LogP contribution in [0, 0.1) is 0 Å². The van der Waals surface area contributed by atoms with E-state index in [1.54, 1.807) is 19.4 Å². The lowest BCUT2D eigenvalue weighted by atomic mass is 9.93. The Bertz CT molecular complexity index is 1620. The number of aromatic nitrogens is 1. The number of furan rings is 1. The van der Waals surface area contributed by atoms with Gasteiger partial charge in [-0.3, -0.25) is 9.59 Å². The molecule has 2 aromatic heterocycles. The fourth-order valence-corrected chi connectivity index (χ4v) is 5.28. The summed E-state index contributed by atoms with van der Waals surface area (Å²) in [5.41, 5.74) is 5.46. The van der Waals surface area contributed by atoms with E-state index in [4.69, 9.17) is 9.15 Å². The summed E-state index contributed by atoms with van der Waals surface area (Å²) in [6.07, 6.45) is 1.75. The third kappa shape index (κ3) is 4.22. The third-order valence-corrected chi connectivity index (χ3v) is 7.06. The zero-order valence-electron chi connectivity index (χ0n) is 20.9. The Balaban J connectivity index is 1.40. The summed E-state index contributed by atoms with van der Waals surface area (Å²) in [7, 11) is 1.65. The topological polar surface area (TPSA) is 87.6 Å². The maximum atomic E-state index is 13.7. The average Bonchev–Trinajstić information content (AvgIpc) is 3.68. The lowest BCUT2D eigenvalue weighted by molar-refractivity contribution is -0.121. The smallest absolute Gasteiger partial charge is 0.255 e. The van der Waals surface area contributed by atoms with Crippen LogP contribution in [0.4, 0.5) is 0 Å². The molecule has 0 bridgehead atoms. The predicted molar refractivity (Wildman–Crippen MR) is 145 cm³/mol. The van der Waals surface area contributed by atoms with Gasteiger partial charge < -0.3 is 24.4 Å². The first-order valence-electron chi connectivity index (χ1n) is 12.6. The van der Waals surface area contributed by atoms with Crippen LogP contribution in [0.5, 0.6) is 5.75 Å². The number of carbonyl (C=O) groups excluding carboxylic acids is 2. The number of fused-ring (bicyclic) bond motifs is 2. The molecule has 2 amide bonds. The number of para-hydroxylation sites is 1. The number of H-pyrrole nitrogens is 1. The molecule has 0 saturated carbocycles. The van der Waals surface area contributed by atoms with Crippen LogP contribution in [-0.4, -0.2) is 35.4 Å². The van der Waals surface area contributed by atoms with E-state index < -0.39 is 0 Å². The first-order chi connectivity index (χ1) is 18.6. The number of ether oxygens (including phenoxy) is 1. The van der Waals surface area contributed by atoms with Crippen molar-refractivity contribution in [2.24, 2.45) is 0 Å². The van der Waals surface area contributed by atoms with Crippen LogP contribution in [0.1, 0.15) is 39.7 Å². The molecule has 3 heterocycles. The molecule has 0 fully saturated rings. The molecule has 190 valence electrons. The van der Waals surface area contributed by atoms with Crippen molar-refractivity contribution in [3.8, 4) is 17.0 Å². The minimum absolute atomic E-state index is 0.0775. The number of rotatable bonds is 8. The van der Waals surface area contributed by atoms with Gasteiger partial charge in [-0.05, 0) is 42.0 Å². The van der Waals surface area contributed by atoms with E-state index in [9.17, 15) is 9.59 Å². The van der Waals surface area contributed by atoms with Crippen molar-refractivity contribution < 1.29 is 18.7 Å². The van der Waals surface area contributed by atoms with Crippen molar-refractivity contribution in [3.05, 3.63) is 114 Å². The van der Waals surface area contributed by atoms with Gasteiger partial charge in [0.1, 0.15) is 11.5 Å². The van der Waals surface area contributed by atoms with Crippen LogP contribution in [0.15, 0.2) is 95.6 Å². The van der Waals surface area contributed by atoms with Gasteiger partial charge in [0.2, 0.25) is 5.91 Å². The van der Waals surface area contributed by atoms with E-state index >= 15 is 0 Å². The number of methoxy groups -OCH3 is 1. The Morgan fingerprint density at radius 3 is 2.71 bits per heavy atom. The Hall–Kier alpha value is -4.78. The maximum absolute atomic E-state index is 13.7. The van der Waals surface area contributed by atoms with Crippen molar-refractivity contribution in [2.45, 2.75) is 19.0 Å². The number of nitrogens with one attached hydrogen (secondary N) is 2. The Labute approximate surface area is 220 Å². The zero-order valence-corrected chi connectivity index (χ0v) is 20.9. The fraction of sp³-hybridized carbons (Fsp3) is 0.161. The van der Waals surface area contributed by atoms with E-state index in [-0.39, 0.29) is 30.8 Å². The van der Waals surface area contributed by atoms with Crippen LogP contribution in [0.3, 0.4) is 0 Å². The molecule has 2 N–H and O–H groups in total. The van der Waals surface area contributed by atoms with Crippen molar-refractivity contribution in [2.75, 3.05) is 13.7 Å². The Morgan fingerprint density at radius 1 is 1.03 bits per heavy atom. The van der Waals surface area contributed by atoms with E-state index in [0.717, 1.165) is 39.0 Å². The summed E-state index contributed by atoms with van der Waals surface area (Å²) in [4.78, 5) is 31.8. The Morgan fingerprint density at radius 2 is 1.87 bits per heavy atom. The number of amides is 2. The SMILES string of the molecule is COc1cccc(-c2[nH]c3ccccc3c2[C@H]2c3ccccc3C(=O)N2CCC(=O)NCc2ccco2)c1. The first kappa shape index (κ1) is 23.6. The molecule has 3 aromatic carbocycles. The summed E-state index contributed by atoms with van der Waals surface area (Å²) in [5.74, 6) is 1.21. The number of aromatic amines is 1. The van der Waals surface area contributed by atoms with Gasteiger partial charge in [0, 0.05) is 40.6 Å². The lowest BCUT2D eigenvalue weighted by Crippen LogP contribution is -2.33. The number of benzene rings is 3. The standard InChI is InChI=1S/C31H27N3O4/c1-37-21-9-6-8-20(18-21)29-28(25-13-4-5-14-26(25)33-29)30-23-11-2-3-12-24(23)31(36)34(30)16-15-27(35)32-19-22-10-7-17-38-22/h2-14,17-18,30,33H,15-16,19H2,1H3,(H,32,35)/t30-/m1/s1. The normalized spacial score (nSPS) is 14.6. The lowest BCUT2D eigenvalue weighted by Gasteiger charge is -2.26. The summed E-state index contributed by atoms with van der Waals surface area (Å²) < 4.78 is 10.8. The van der Waals surface area contributed by atoms with Gasteiger partial charge in [0.15, 0.2) is 0 Å². The van der Waals surface area contributed by atoms with Gasteiger partial charge >= 0.3 is 0 Å². The molecule has 7 heteroatoms. The number of hydrogen-bond donors (Lipinski definition) is 2. The van der Waals surface area contributed by atoms with Crippen LogP contribution < -0.4 is 10.1 Å². The van der Waals surface area contributed by atoms with Crippen LogP contribution in [0.25, 0.3) is 22.2 Å². The monoisotopic (exact) mass is 505 g/mol. The highest BCUT2D eigenvalue weighted by Gasteiger charge is 2.40. The summed E-state index contributed by atoms with van der Waals surface area (Å²) in [6, 6.07) is 27.0. The second kappa shape index (κ2) is 9.94. The molecule has 1 atom stereocenters. The number of carbonyl (C=O) groups is 2. The molecule has 0 saturated heterocycles. The molecule has 1 aliphatic rings. The predicted octanol–water partition coefficient (Wildman–Crippen LogP) is 5.69. The van der Waals surface area contributed by atoms with Crippen LogP contribution >= 0.6 is 0 Å². The first-order valence-corrected chi connectivity index (χ1v) is 12.6. The van der Waals surface area contributed by atoms with Gasteiger partial charge in [-0.25, -0.2) is 0 Å². The van der Waals surface area contributed by atoms with Gasteiger partial charge in [0.25, 0.3) is 5.91 Å². The highest BCUT2D eigenvalue weighted by Crippen LogP contribution is 2.45. The van der Waals surface area contributed by atoms with E-state index in [2.05, 4.69) is 16.4 Å². The average molecular weight is 506 g/mol. The van der Waals surface area contributed by atoms with Crippen molar-refractivity contribution >= 4 is 22.7 Å². The third-order valence-electron chi connectivity index (χ3n) is 7.06. The minimum Gasteiger partial charge on any atom is -0.497 e. The molecule has 0 spiro atoms. The molecular formula is C31H27N3O4. The van der Waals surface area contributed by atoms with Crippen LogP contribution in [-0.2, 0) is 11.3 Å². The molecule has 0 unspecified atom stereocenters. The molecule has 7 nitrogen and oxygen atoms in total. The van der Waals surface area contributed by atoms with E-state index in [1.807, 2.05) is 77.7 Å². The van der Waals surface area contributed by atoms with Gasteiger partial charge in [0.05, 0.1) is 31.7 Å². The van der Waals surface area contributed by atoms with E-state index in [1.165, 1.54) is 0 Å². The molecule has 6 rings (SSSR count). The van der Waals surface area contributed by atoms with Gasteiger partial charge in [-0.1, -0.05) is 48.5 Å². The molecular weight excluding hydrogens is 478 g/mol. The minimum atomic E-state index is -0.353. The van der Waals surface area contributed by atoms with Gasteiger partial charge in [-0.2, -0.15) is 0 Å². The summed E-state index contributed by atoms with van der Waals surface area (Å²) in [5, 5.41) is 3.92. The van der Waals surface area contributed by atoms with Crippen molar-refractivity contribution in [1.29, 1.82) is 0 Å². The summed E-state index contributed by atoms with van der Waals surface area (Å²) >= 11 is 0. The molecule has 0 radical (unpaired) electrons. The van der Waals surface area contributed by atoms with Crippen LogP contribution in [0.2, 0.25) is 0 Å². The fourth-order valence-electron chi connectivity index (χ4n) is 5.28. The molecule has 0 aliphatic carbocycles. The highest BCUT2D eigenvalue weighted by molar-refractivity contribution is 6.02. The molecule has 5 aromatic rings. The largest absolute Gasteiger partial charge is 0.497 e. The number of hydrogen-bond acceptors (Lipinski definition) is 4. The van der Waals surface area contributed by atoms with Crippen molar-refractivity contribution in [1.82, 2.24) is 15.2 Å². The molecule has 1 aliphatic heterocycles. The zero-order chi connectivity index (χ0) is 26.1. The second-order valence-corrected chi connectivity index (χ2v) is 9.29. The maximum Gasteiger partial charge on any atom is 0.255 e. The Kier molecular flexibility index (Phi) is 6.17. The van der Waals surface area contributed by atoms with Crippen molar-refractivity contribution in [3.63, 3.8) is 0 Å².